The number of anilines is 1. The maximum atomic E-state index is 13.9. The molecule has 1 amide bonds. The van der Waals surface area contributed by atoms with Crippen molar-refractivity contribution in [2.75, 3.05) is 12.4 Å². The number of amides is 1. The van der Waals surface area contributed by atoms with E-state index in [9.17, 15) is 22.4 Å². The highest BCUT2D eigenvalue weighted by Gasteiger charge is 2.20. The SMILES string of the molecule is COc1ccc(C(=O)Nc2cnn(Cc3c(F)cc(F)c(F)c3F)c2)cc1COc1ccc(Cl)cc1. The highest BCUT2D eigenvalue weighted by molar-refractivity contribution is 6.30. The van der Waals surface area contributed by atoms with Gasteiger partial charge < -0.3 is 14.8 Å². The summed E-state index contributed by atoms with van der Waals surface area (Å²) in [5.41, 5.74) is 0.421. The first-order chi connectivity index (χ1) is 17.2. The summed E-state index contributed by atoms with van der Waals surface area (Å²) in [7, 11) is 1.49. The number of ether oxygens (including phenoxy) is 2. The number of carbonyl (C=O) groups excluding carboxylic acids is 1. The van der Waals surface area contributed by atoms with Crippen LogP contribution >= 0.6 is 11.6 Å². The fraction of sp³-hybridized carbons (Fsp3) is 0.120. The third-order valence-corrected chi connectivity index (χ3v) is 5.42. The molecule has 0 aliphatic carbocycles. The van der Waals surface area contributed by atoms with Gasteiger partial charge in [-0.3, -0.25) is 9.48 Å². The maximum absolute atomic E-state index is 13.9. The van der Waals surface area contributed by atoms with Gasteiger partial charge in [-0.2, -0.15) is 5.10 Å². The second-order valence-corrected chi connectivity index (χ2v) is 8.03. The molecule has 1 N–H and O–H groups in total. The van der Waals surface area contributed by atoms with E-state index in [2.05, 4.69) is 10.4 Å². The Morgan fingerprint density at radius 1 is 1.03 bits per heavy atom. The number of nitrogens with zero attached hydrogens (tertiary/aromatic N) is 2. The Balaban J connectivity index is 1.46. The van der Waals surface area contributed by atoms with Gasteiger partial charge in [0.2, 0.25) is 0 Å². The van der Waals surface area contributed by atoms with Crippen molar-refractivity contribution in [3.8, 4) is 11.5 Å². The summed E-state index contributed by atoms with van der Waals surface area (Å²) in [5, 5.41) is 7.10. The molecule has 0 radical (unpaired) electrons. The Kier molecular flexibility index (Phi) is 7.44. The van der Waals surface area contributed by atoms with Gasteiger partial charge in [-0.05, 0) is 42.5 Å². The average molecular weight is 520 g/mol. The molecule has 0 saturated carbocycles. The maximum Gasteiger partial charge on any atom is 0.255 e. The summed E-state index contributed by atoms with van der Waals surface area (Å²) in [6.45, 7) is -0.394. The Morgan fingerprint density at radius 2 is 1.78 bits per heavy atom. The van der Waals surface area contributed by atoms with E-state index in [-0.39, 0.29) is 23.9 Å². The number of rotatable bonds is 8. The van der Waals surface area contributed by atoms with Crippen LogP contribution < -0.4 is 14.8 Å². The van der Waals surface area contributed by atoms with Crippen molar-refractivity contribution in [3.05, 3.63) is 106 Å². The van der Waals surface area contributed by atoms with E-state index in [4.69, 9.17) is 21.1 Å². The highest BCUT2D eigenvalue weighted by Crippen LogP contribution is 2.24. The Morgan fingerprint density at radius 3 is 2.50 bits per heavy atom. The minimum Gasteiger partial charge on any atom is -0.496 e. The van der Waals surface area contributed by atoms with Crippen LogP contribution in [0.1, 0.15) is 21.5 Å². The monoisotopic (exact) mass is 519 g/mol. The molecule has 0 saturated heterocycles. The first-order valence-corrected chi connectivity index (χ1v) is 10.8. The lowest BCUT2D eigenvalue weighted by Crippen LogP contribution is -2.12. The van der Waals surface area contributed by atoms with Crippen LogP contribution in [0.25, 0.3) is 0 Å². The van der Waals surface area contributed by atoms with Gasteiger partial charge >= 0.3 is 0 Å². The molecule has 186 valence electrons. The van der Waals surface area contributed by atoms with Gasteiger partial charge in [-0.15, -0.1) is 0 Å². The topological polar surface area (TPSA) is 65.4 Å². The molecule has 36 heavy (non-hydrogen) atoms. The van der Waals surface area contributed by atoms with Gasteiger partial charge in [0.05, 0.1) is 25.5 Å². The second-order valence-electron chi connectivity index (χ2n) is 7.60. The summed E-state index contributed by atoms with van der Waals surface area (Å²) < 4.78 is 66.6. The lowest BCUT2D eigenvalue weighted by Gasteiger charge is -2.12. The molecule has 0 atom stereocenters. The molecule has 0 fully saturated rings. The van der Waals surface area contributed by atoms with E-state index < -0.39 is 41.3 Å². The highest BCUT2D eigenvalue weighted by atomic mass is 35.5. The fourth-order valence-corrected chi connectivity index (χ4v) is 3.48. The zero-order valence-electron chi connectivity index (χ0n) is 18.7. The number of hydrogen-bond acceptors (Lipinski definition) is 4. The number of methoxy groups -OCH3 is 1. The van der Waals surface area contributed by atoms with Crippen LogP contribution in [0.5, 0.6) is 11.5 Å². The molecule has 4 aromatic rings. The van der Waals surface area contributed by atoms with Gasteiger partial charge in [-0.1, -0.05) is 11.6 Å². The van der Waals surface area contributed by atoms with Crippen LogP contribution in [-0.2, 0) is 13.2 Å². The Labute approximate surface area is 208 Å². The van der Waals surface area contributed by atoms with Crippen LogP contribution in [-0.4, -0.2) is 22.8 Å². The van der Waals surface area contributed by atoms with E-state index in [1.165, 1.54) is 19.5 Å². The molecule has 0 spiro atoms. The van der Waals surface area contributed by atoms with Crippen LogP contribution in [0.3, 0.4) is 0 Å². The number of hydrogen-bond donors (Lipinski definition) is 1. The predicted molar refractivity (Wildman–Crippen MR) is 124 cm³/mol. The van der Waals surface area contributed by atoms with Crippen molar-refractivity contribution in [2.45, 2.75) is 13.2 Å². The third-order valence-electron chi connectivity index (χ3n) is 5.17. The molecule has 11 heteroatoms. The van der Waals surface area contributed by atoms with Gasteiger partial charge in [0, 0.05) is 34.0 Å². The van der Waals surface area contributed by atoms with Crippen molar-refractivity contribution >= 4 is 23.2 Å². The van der Waals surface area contributed by atoms with Gasteiger partial charge in [-0.25, -0.2) is 17.6 Å². The van der Waals surface area contributed by atoms with Crippen LogP contribution in [0.4, 0.5) is 23.2 Å². The molecule has 6 nitrogen and oxygen atoms in total. The lowest BCUT2D eigenvalue weighted by molar-refractivity contribution is 0.102. The minimum atomic E-state index is -1.78. The van der Waals surface area contributed by atoms with Gasteiger partial charge in [0.25, 0.3) is 5.91 Å². The quantitative estimate of drug-likeness (QED) is 0.177. The molecule has 0 aliphatic rings. The zero-order chi connectivity index (χ0) is 25.8. The van der Waals surface area contributed by atoms with Gasteiger partial charge in [0.15, 0.2) is 17.5 Å². The smallest absolute Gasteiger partial charge is 0.255 e. The van der Waals surface area contributed by atoms with E-state index in [1.807, 2.05) is 0 Å². The fourth-order valence-electron chi connectivity index (χ4n) is 3.35. The summed E-state index contributed by atoms with van der Waals surface area (Å²) in [4.78, 5) is 12.8. The summed E-state index contributed by atoms with van der Waals surface area (Å²) >= 11 is 5.88. The lowest BCUT2D eigenvalue weighted by atomic mass is 10.1. The zero-order valence-corrected chi connectivity index (χ0v) is 19.5. The number of nitrogens with one attached hydrogen (secondary N) is 1. The van der Waals surface area contributed by atoms with E-state index in [0.29, 0.717) is 22.1 Å². The van der Waals surface area contributed by atoms with E-state index >= 15 is 0 Å². The summed E-state index contributed by atoms with van der Waals surface area (Å²) in [5.74, 6) is -5.68. The molecule has 0 aliphatic heterocycles. The normalized spacial score (nSPS) is 10.8. The average Bonchev–Trinajstić information content (AvgIpc) is 3.31. The molecular formula is C25H18ClF4N3O3. The molecule has 1 heterocycles. The third kappa shape index (κ3) is 5.60. The first-order valence-electron chi connectivity index (χ1n) is 10.5. The van der Waals surface area contributed by atoms with Gasteiger partial charge in [0.1, 0.15) is 23.9 Å². The van der Waals surface area contributed by atoms with Crippen molar-refractivity contribution in [1.82, 2.24) is 9.78 Å². The second kappa shape index (κ2) is 10.7. The van der Waals surface area contributed by atoms with E-state index in [1.54, 1.807) is 42.5 Å². The minimum absolute atomic E-state index is 0.120. The standard InChI is InChI=1S/C25H18ClF4N3O3/c1-35-22-7-2-14(8-15(22)13-36-18-5-3-16(26)4-6-18)25(34)32-17-10-31-33(11-17)12-19-20(27)9-21(28)24(30)23(19)29/h2-11H,12-13H2,1H3,(H,32,34). The largest absolute Gasteiger partial charge is 0.496 e. The Bertz CT molecular complexity index is 1410. The molecule has 1 aromatic heterocycles. The molecule has 0 unspecified atom stereocenters. The molecule has 3 aromatic carbocycles. The summed E-state index contributed by atoms with van der Waals surface area (Å²) in [6, 6.07) is 11.8. The van der Waals surface area contributed by atoms with Crippen LogP contribution in [0.2, 0.25) is 5.02 Å². The van der Waals surface area contributed by atoms with Crippen molar-refractivity contribution < 1.29 is 31.8 Å². The Hall–Kier alpha value is -4.05. The van der Waals surface area contributed by atoms with Crippen LogP contribution in [0.15, 0.2) is 60.9 Å². The molecular weight excluding hydrogens is 502 g/mol. The number of benzene rings is 3. The predicted octanol–water partition coefficient (Wildman–Crippen LogP) is 5.98. The van der Waals surface area contributed by atoms with Crippen molar-refractivity contribution in [1.29, 1.82) is 0 Å². The first kappa shape index (κ1) is 25.1. The number of halogens is 5. The number of aromatic nitrogens is 2. The van der Waals surface area contributed by atoms with Crippen molar-refractivity contribution in [3.63, 3.8) is 0 Å². The van der Waals surface area contributed by atoms with E-state index in [0.717, 1.165) is 4.68 Å². The molecule has 4 rings (SSSR count). The van der Waals surface area contributed by atoms with Crippen LogP contribution in [0, 0.1) is 23.3 Å². The van der Waals surface area contributed by atoms with Crippen molar-refractivity contribution in [2.24, 2.45) is 0 Å². The molecule has 0 bridgehead atoms. The number of carbonyl (C=O) groups is 1. The summed E-state index contributed by atoms with van der Waals surface area (Å²) in [6.07, 6.45) is 2.55.